The monoisotopic (exact) mass is 451 g/mol. The summed E-state index contributed by atoms with van der Waals surface area (Å²) in [6.45, 7) is 3.07. The van der Waals surface area contributed by atoms with Crippen LogP contribution in [0.1, 0.15) is 24.4 Å². The fraction of sp³-hybridized carbons (Fsp3) is 0.136. The Kier molecular flexibility index (Phi) is 4.81. The van der Waals surface area contributed by atoms with Gasteiger partial charge in [-0.3, -0.25) is 9.36 Å². The number of imidazole rings is 1. The Morgan fingerprint density at radius 2 is 1.79 bits per heavy atom. The molecular weight excluding hydrogens is 435 g/mol. The standard InChI is InChI=1S/C22H16F3N7O/c1-10-12(23)6-7-15-16(10)22(33)32(18-13(24)4-3-5-14(18)25)21(31-15)11(2)30-20-17-19(27-8-26-17)28-9-29-20/h3-9,11H,1-2H3,(H2,26,27,28,29,30). The van der Waals surface area contributed by atoms with E-state index in [-0.39, 0.29) is 22.3 Å². The van der Waals surface area contributed by atoms with Gasteiger partial charge in [-0.1, -0.05) is 6.07 Å². The van der Waals surface area contributed by atoms with E-state index < -0.39 is 34.7 Å². The van der Waals surface area contributed by atoms with Crippen LogP contribution in [0, 0.1) is 24.4 Å². The molecule has 2 N–H and O–H groups in total. The van der Waals surface area contributed by atoms with Crippen molar-refractivity contribution in [2.45, 2.75) is 19.9 Å². The quantitative estimate of drug-likeness (QED) is 0.429. The normalized spacial score (nSPS) is 12.4. The van der Waals surface area contributed by atoms with Gasteiger partial charge in [0, 0.05) is 0 Å². The van der Waals surface area contributed by atoms with Crippen molar-refractivity contribution >= 4 is 27.9 Å². The Morgan fingerprint density at radius 3 is 2.55 bits per heavy atom. The van der Waals surface area contributed by atoms with Crippen molar-refractivity contribution in [2.75, 3.05) is 5.32 Å². The first-order valence-corrected chi connectivity index (χ1v) is 9.93. The molecule has 0 fully saturated rings. The van der Waals surface area contributed by atoms with E-state index in [1.807, 2.05) is 0 Å². The van der Waals surface area contributed by atoms with E-state index in [0.29, 0.717) is 17.0 Å². The molecule has 0 bridgehead atoms. The summed E-state index contributed by atoms with van der Waals surface area (Å²) in [5.74, 6) is -2.18. The second-order valence-electron chi connectivity index (χ2n) is 7.44. The molecular formula is C22H16F3N7O. The molecule has 0 spiro atoms. The van der Waals surface area contributed by atoms with E-state index in [1.54, 1.807) is 6.92 Å². The van der Waals surface area contributed by atoms with Crippen molar-refractivity contribution < 1.29 is 13.2 Å². The van der Waals surface area contributed by atoms with Gasteiger partial charge in [0.1, 0.15) is 40.8 Å². The third-order valence-corrected chi connectivity index (χ3v) is 5.38. The summed E-state index contributed by atoms with van der Waals surface area (Å²) in [6, 6.07) is 5.05. The Bertz CT molecular complexity index is 1570. The number of H-pyrrole nitrogens is 1. The van der Waals surface area contributed by atoms with Crippen LogP contribution < -0.4 is 10.9 Å². The zero-order chi connectivity index (χ0) is 23.3. The maximum atomic E-state index is 14.8. The Morgan fingerprint density at radius 1 is 1.03 bits per heavy atom. The number of halogens is 3. The first-order chi connectivity index (χ1) is 15.9. The van der Waals surface area contributed by atoms with Crippen LogP contribution in [0.4, 0.5) is 19.0 Å². The van der Waals surface area contributed by atoms with Crippen molar-refractivity contribution in [3.63, 3.8) is 0 Å². The second kappa shape index (κ2) is 7.69. The van der Waals surface area contributed by atoms with Crippen LogP contribution in [0.15, 0.2) is 47.8 Å². The molecule has 33 heavy (non-hydrogen) atoms. The van der Waals surface area contributed by atoms with Crippen molar-refractivity contribution in [1.29, 1.82) is 0 Å². The molecule has 0 aliphatic rings. The summed E-state index contributed by atoms with van der Waals surface area (Å²) < 4.78 is 44.6. The molecule has 8 nitrogen and oxygen atoms in total. The number of para-hydroxylation sites is 1. The summed E-state index contributed by atoms with van der Waals surface area (Å²) >= 11 is 0. The van der Waals surface area contributed by atoms with E-state index in [0.717, 1.165) is 16.7 Å². The van der Waals surface area contributed by atoms with E-state index in [4.69, 9.17) is 0 Å². The molecule has 0 aliphatic heterocycles. The highest BCUT2D eigenvalue weighted by Gasteiger charge is 2.24. The van der Waals surface area contributed by atoms with Crippen molar-refractivity contribution in [2.24, 2.45) is 0 Å². The first-order valence-electron chi connectivity index (χ1n) is 9.93. The number of benzene rings is 2. The number of aromatic nitrogens is 6. The van der Waals surface area contributed by atoms with Gasteiger partial charge >= 0.3 is 0 Å². The zero-order valence-corrected chi connectivity index (χ0v) is 17.4. The minimum Gasteiger partial charge on any atom is -0.358 e. The highest BCUT2D eigenvalue weighted by molar-refractivity contribution is 5.83. The summed E-state index contributed by atoms with van der Waals surface area (Å²) in [4.78, 5) is 33.2. The molecule has 0 aliphatic carbocycles. The lowest BCUT2D eigenvalue weighted by molar-refractivity contribution is 0.557. The Labute approximate surface area is 184 Å². The van der Waals surface area contributed by atoms with Gasteiger partial charge in [-0.25, -0.2) is 33.1 Å². The summed E-state index contributed by atoms with van der Waals surface area (Å²) in [5, 5.41) is 3.03. The van der Waals surface area contributed by atoms with Crippen molar-refractivity contribution in [3.05, 3.63) is 82.2 Å². The number of hydrogen-bond acceptors (Lipinski definition) is 6. The molecule has 3 heterocycles. The van der Waals surface area contributed by atoms with Gasteiger partial charge in [0.2, 0.25) is 0 Å². The smallest absolute Gasteiger partial charge is 0.266 e. The number of aromatic amines is 1. The number of rotatable bonds is 4. The predicted octanol–water partition coefficient (Wildman–Crippen LogP) is 3.95. The maximum Gasteiger partial charge on any atom is 0.266 e. The molecule has 3 aromatic heterocycles. The van der Waals surface area contributed by atoms with Gasteiger partial charge in [0.05, 0.1) is 23.3 Å². The Balaban J connectivity index is 1.78. The summed E-state index contributed by atoms with van der Waals surface area (Å²) in [7, 11) is 0. The first kappa shape index (κ1) is 20.6. The third-order valence-electron chi connectivity index (χ3n) is 5.38. The van der Waals surface area contributed by atoms with E-state index in [1.165, 1.54) is 37.8 Å². The zero-order valence-electron chi connectivity index (χ0n) is 17.4. The van der Waals surface area contributed by atoms with Crippen LogP contribution in [0.5, 0.6) is 0 Å². The minimum absolute atomic E-state index is 0.00813. The number of anilines is 1. The predicted molar refractivity (Wildman–Crippen MR) is 116 cm³/mol. The lowest BCUT2D eigenvalue weighted by Crippen LogP contribution is -2.29. The van der Waals surface area contributed by atoms with E-state index in [2.05, 4.69) is 30.2 Å². The highest BCUT2D eigenvalue weighted by Crippen LogP contribution is 2.27. The van der Waals surface area contributed by atoms with Crippen LogP contribution in [0.3, 0.4) is 0 Å². The number of aryl methyl sites for hydroxylation is 1. The van der Waals surface area contributed by atoms with Crippen LogP contribution >= 0.6 is 0 Å². The lowest BCUT2D eigenvalue weighted by atomic mass is 10.1. The highest BCUT2D eigenvalue weighted by atomic mass is 19.1. The maximum absolute atomic E-state index is 14.8. The molecule has 0 radical (unpaired) electrons. The summed E-state index contributed by atoms with van der Waals surface area (Å²) in [6.07, 6.45) is 2.76. The molecule has 0 saturated heterocycles. The average molecular weight is 451 g/mol. The fourth-order valence-electron chi connectivity index (χ4n) is 3.78. The van der Waals surface area contributed by atoms with Gasteiger partial charge in [0.15, 0.2) is 11.5 Å². The number of fused-ring (bicyclic) bond motifs is 2. The summed E-state index contributed by atoms with van der Waals surface area (Å²) in [5.41, 5.74) is -0.232. The second-order valence-corrected chi connectivity index (χ2v) is 7.44. The molecule has 166 valence electrons. The van der Waals surface area contributed by atoms with Crippen molar-refractivity contribution in [1.82, 2.24) is 29.5 Å². The minimum atomic E-state index is -0.959. The number of nitrogens with zero attached hydrogens (tertiary/aromatic N) is 5. The van der Waals surface area contributed by atoms with Gasteiger partial charge in [-0.15, -0.1) is 0 Å². The van der Waals surface area contributed by atoms with Crippen LogP contribution in [0.2, 0.25) is 0 Å². The van der Waals surface area contributed by atoms with Gasteiger partial charge in [-0.2, -0.15) is 0 Å². The van der Waals surface area contributed by atoms with Gasteiger partial charge in [0.25, 0.3) is 5.56 Å². The fourth-order valence-corrected chi connectivity index (χ4v) is 3.78. The van der Waals surface area contributed by atoms with Crippen LogP contribution in [-0.2, 0) is 0 Å². The number of hydrogen-bond donors (Lipinski definition) is 2. The van der Waals surface area contributed by atoms with E-state index in [9.17, 15) is 18.0 Å². The Hall–Kier alpha value is -4.28. The van der Waals surface area contributed by atoms with Gasteiger partial charge in [-0.05, 0) is 43.7 Å². The molecule has 5 rings (SSSR count). The lowest BCUT2D eigenvalue weighted by Gasteiger charge is -2.21. The van der Waals surface area contributed by atoms with Gasteiger partial charge < -0.3 is 10.3 Å². The third kappa shape index (κ3) is 3.28. The molecule has 0 saturated carbocycles. The van der Waals surface area contributed by atoms with Crippen LogP contribution in [-0.4, -0.2) is 29.5 Å². The SMILES string of the molecule is Cc1c(F)ccc2nc(C(C)Nc3ncnc4nc[nH]c34)n(-c3c(F)cccc3F)c(=O)c12. The van der Waals surface area contributed by atoms with Crippen LogP contribution in [0.25, 0.3) is 27.8 Å². The average Bonchev–Trinajstić information content (AvgIpc) is 3.27. The largest absolute Gasteiger partial charge is 0.358 e. The molecule has 1 atom stereocenters. The van der Waals surface area contributed by atoms with E-state index >= 15 is 0 Å². The van der Waals surface area contributed by atoms with Crippen molar-refractivity contribution in [3.8, 4) is 5.69 Å². The molecule has 11 heteroatoms. The molecule has 5 aromatic rings. The molecule has 1 unspecified atom stereocenters. The number of nitrogens with one attached hydrogen (secondary N) is 2. The molecule has 2 aromatic carbocycles. The molecule has 0 amide bonds. The topological polar surface area (TPSA) is 101 Å².